The summed E-state index contributed by atoms with van der Waals surface area (Å²) in [6.45, 7) is 9.20. The number of benzene rings is 2. The summed E-state index contributed by atoms with van der Waals surface area (Å²) in [5, 5.41) is 0. The number of imide groups is 1. The quantitative estimate of drug-likeness (QED) is 0.0892. The molecule has 0 saturated carbocycles. The monoisotopic (exact) mass is 662 g/mol. The molecule has 6 nitrogen and oxygen atoms in total. The van der Waals surface area contributed by atoms with Crippen molar-refractivity contribution in [3.63, 3.8) is 0 Å². The van der Waals surface area contributed by atoms with E-state index in [0.29, 0.717) is 16.7 Å². The molecular weight excluding hydrogens is 626 g/mol. The van der Waals surface area contributed by atoms with Gasteiger partial charge >= 0.3 is 12.4 Å². The van der Waals surface area contributed by atoms with Gasteiger partial charge in [-0.05, 0) is 62.9 Å². The van der Waals surface area contributed by atoms with Crippen LogP contribution in [0.25, 0.3) is 0 Å². The van der Waals surface area contributed by atoms with Crippen LogP contribution in [0.4, 0.5) is 26.3 Å². The molecule has 3 rings (SSSR count). The third kappa shape index (κ3) is 7.67. The highest BCUT2D eigenvalue weighted by molar-refractivity contribution is 6.24. The zero-order chi connectivity index (χ0) is 36.2. The van der Waals surface area contributed by atoms with Gasteiger partial charge in [0, 0.05) is 24.4 Å². The second kappa shape index (κ2) is 14.4. The summed E-state index contributed by atoms with van der Waals surface area (Å²) in [6.07, 6.45) is -2.67. The van der Waals surface area contributed by atoms with Crippen molar-refractivity contribution in [2.45, 2.75) is 77.7 Å². The molecule has 0 aromatic heterocycles. The summed E-state index contributed by atoms with van der Waals surface area (Å²) >= 11 is 0. The number of terminal acetylenes is 1. The number of rotatable bonds is 9. The van der Waals surface area contributed by atoms with Crippen molar-refractivity contribution in [2.24, 2.45) is 0 Å². The van der Waals surface area contributed by atoms with Crippen molar-refractivity contribution in [3.05, 3.63) is 93.2 Å². The van der Waals surface area contributed by atoms with Gasteiger partial charge < -0.3 is 4.90 Å². The highest BCUT2D eigenvalue weighted by atomic mass is 19.4. The molecule has 47 heavy (non-hydrogen) atoms. The third-order valence-electron chi connectivity index (χ3n) is 8.13. The van der Waals surface area contributed by atoms with Gasteiger partial charge in [0.1, 0.15) is 5.41 Å². The van der Waals surface area contributed by atoms with Crippen LogP contribution in [0.1, 0.15) is 106 Å². The Labute approximate surface area is 270 Å². The first kappa shape index (κ1) is 38.5. The molecule has 1 aliphatic heterocycles. The van der Waals surface area contributed by atoms with Gasteiger partial charge in [-0.15, -0.1) is 12.8 Å². The van der Waals surface area contributed by atoms with E-state index in [0.717, 1.165) is 43.3 Å². The van der Waals surface area contributed by atoms with E-state index in [4.69, 9.17) is 0 Å². The number of nitrogens with zero attached hydrogens (tertiary/aromatic N) is 2. The van der Waals surface area contributed by atoms with E-state index in [1.165, 1.54) is 31.0 Å². The molecule has 252 valence electrons. The average molecular weight is 663 g/mol. The van der Waals surface area contributed by atoms with E-state index in [-0.39, 0.29) is 39.9 Å². The Balaban J connectivity index is 0.00000376. The highest BCUT2D eigenvalue weighted by Crippen LogP contribution is 2.52. The molecule has 1 heterocycles. The number of alkyl halides is 6. The van der Waals surface area contributed by atoms with E-state index in [1.54, 1.807) is 27.7 Å². The number of hydrogen-bond acceptors (Lipinski definition) is 4. The Kier molecular flexibility index (Phi) is 11.8. The van der Waals surface area contributed by atoms with Crippen LogP contribution < -0.4 is 0 Å². The first-order valence-electron chi connectivity index (χ1n) is 14.4. The maximum atomic E-state index is 14.8. The van der Waals surface area contributed by atoms with Gasteiger partial charge in [-0.25, -0.2) is 4.90 Å². The number of allylic oxidation sites excluding steroid dienone is 4. The minimum Gasteiger partial charge on any atom is -0.339 e. The van der Waals surface area contributed by atoms with Gasteiger partial charge in [0.25, 0.3) is 17.7 Å². The molecule has 0 N–H and O–H groups in total. The average Bonchev–Trinajstić information content (AvgIpc) is 3.25. The van der Waals surface area contributed by atoms with Crippen LogP contribution in [-0.4, -0.2) is 59.2 Å². The van der Waals surface area contributed by atoms with Gasteiger partial charge in [-0.2, -0.15) is 26.3 Å². The lowest BCUT2D eigenvalue weighted by molar-refractivity contribution is -0.223. The molecule has 0 spiro atoms. The molecular formula is C35H36F6N2O4. The molecule has 12 heteroatoms. The number of aldehydes is 1. The normalized spacial score (nSPS) is 15.3. The Morgan fingerprint density at radius 2 is 1.40 bits per heavy atom. The summed E-state index contributed by atoms with van der Waals surface area (Å²) in [6, 6.07) is 6.74. The second-order valence-electron chi connectivity index (χ2n) is 11.7. The molecule has 0 bridgehead atoms. The fourth-order valence-corrected chi connectivity index (χ4v) is 5.20. The van der Waals surface area contributed by atoms with Crippen molar-refractivity contribution in [2.75, 3.05) is 7.05 Å². The van der Waals surface area contributed by atoms with Gasteiger partial charge in [0.2, 0.25) is 0 Å². The Morgan fingerprint density at radius 1 is 0.894 bits per heavy atom. The fraction of sp³-hybridized carbons (Fsp3) is 0.371. The Hall–Kier alpha value is -4.66. The molecule has 0 fully saturated rings. The summed E-state index contributed by atoms with van der Waals surface area (Å²) in [4.78, 5) is 53.3. The molecule has 0 saturated heterocycles. The van der Waals surface area contributed by atoms with Gasteiger partial charge in [-0.3, -0.25) is 19.2 Å². The summed E-state index contributed by atoms with van der Waals surface area (Å²) < 4.78 is 85.7. The van der Waals surface area contributed by atoms with Gasteiger partial charge in [-0.1, -0.05) is 49.8 Å². The lowest BCUT2D eigenvalue weighted by Crippen LogP contribution is -2.46. The minimum absolute atomic E-state index is 0.0724. The predicted molar refractivity (Wildman–Crippen MR) is 166 cm³/mol. The Morgan fingerprint density at radius 3 is 1.83 bits per heavy atom. The van der Waals surface area contributed by atoms with Crippen molar-refractivity contribution < 1.29 is 45.5 Å². The zero-order valence-corrected chi connectivity index (χ0v) is 27.0. The maximum absolute atomic E-state index is 14.8. The second-order valence-corrected chi connectivity index (χ2v) is 11.7. The molecule has 2 aromatic rings. The molecule has 0 radical (unpaired) electrons. The van der Waals surface area contributed by atoms with Crippen LogP contribution in [0.2, 0.25) is 0 Å². The van der Waals surface area contributed by atoms with Gasteiger partial charge in [0.15, 0.2) is 6.29 Å². The van der Waals surface area contributed by atoms with Crippen LogP contribution in [0, 0.1) is 12.8 Å². The zero-order valence-electron chi connectivity index (χ0n) is 27.0. The van der Waals surface area contributed by atoms with Crippen LogP contribution in [-0.2, 0) is 5.41 Å². The van der Waals surface area contributed by atoms with E-state index < -0.39 is 53.0 Å². The van der Waals surface area contributed by atoms with Crippen molar-refractivity contribution in [3.8, 4) is 12.8 Å². The first-order chi connectivity index (χ1) is 21.7. The van der Waals surface area contributed by atoms with E-state index in [1.807, 2.05) is 0 Å². The minimum atomic E-state index is -5.38. The van der Waals surface area contributed by atoms with E-state index in [9.17, 15) is 45.5 Å². The Bertz CT molecular complexity index is 1620. The third-order valence-corrected chi connectivity index (χ3v) is 8.13. The summed E-state index contributed by atoms with van der Waals surface area (Å²) in [7, 11) is 1.49. The molecule has 1 atom stereocenters. The highest BCUT2D eigenvalue weighted by Gasteiger charge is 2.61. The number of fused-ring (bicyclic) bond motifs is 1. The molecule has 1 aliphatic rings. The summed E-state index contributed by atoms with van der Waals surface area (Å²) in [5.74, 6) is -2.46. The lowest BCUT2D eigenvalue weighted by atomic mass is 9.70. The number of carbonyl (C=O) groups excluding carboxylic acids is 4. The lowest BCUT2D eigenvalue weighted by Gasteiger charge is -2.38. The fourth-order valence-electron chi connectivity index (χ4n) is 5.20. The van der Waals surface area contributed by atoms with Crippen LogP contribution in [0.3, 0.4) is 0 Å². The van der Waals surface area contributed by atoms with E-state index >= 15 is 0 Å². The SMILES string of the molecule is C#C.C/C(=C\C=C(/C)C(CC(F)(F)F)(c1ccc(C(C)C)cc1)C(F)(F)F)N1C(=O)c2cc(C=O)c(C(=O)N(C)C(C)C)cc2C1=O. The van der Waals surface area contributed by atoms with Crippen molar-refractivity contribution in [1.29, 1.82) is 0 Å². The molecule has 3 amide bonds. The van der Waals surface area contributed by atoms with Crippen LogP contribution >= 0.6 is 0 Å². The molecule has 1 unspecified atom stereocenters. The maximum Gasteiger partial charge on any atom is 0.402 e. The standard InChI is InChI=1S/C33H34F6N2O4.C2H2/c1-18(2)22-10-12-24(13-11-22)31(33(37,38)39,17-32(34,35)36)20(5)8-9-21(6)41-29(44)26-14-23(16-42)25(15-27(26)30(41)45)28(43)40(7)19(3)4;1-2/h8-16,18-19H,17H2,1-7H3;1-2H/b20-8+,21-9+;. The first-order valence-corrected chi connectivity index (χ1v) is 14.4. The van der Waals surface area contributed by atoms with Crippen LogP contribution in [0.5, 0.6) is 0 Å². The number of amides is 3. The van der Waals surface area contributed by atoms with E-state index in [2.05, 4.69) is 12.8 Å². The number of halogens is 6. The largest absolute Gasteiger partial charge is 0.402 e. The molecule has 2 aromatic carbocycles. The number of carbonyl (C=O) groups is 4. The molecule has 0 aliphatic carbocycles. The van der Waals surface area contributed by atoms with Crippen molar-refractivity contribution >= 4 is 24.0 Å². The van der Waals surface area contributed by atoms with Gasteiger partial charge in [0.05, 0.1) is 23.1 Å². The smallest absolute Gasteiger partial charge is 0.339 e. The number of hydrogen-bond donors (Lipinski definition) is 0. The predicted octanol–water partition coefficient (Wildman–Crippen LogP) is 8.25. The van der Waals surface area contributed by atoms with Crippen molar-refractivity contribution in [1.82, 2.24) is 9.80 Å². The topological polar surface area (TPSA) is 74.8 Å². The summed E-state index contributed by atoms with van der Waals surface area (Å²) in [5.41, 5.74) is -4.99. The van der Waals surface area contributed by atoms with Crippen LogP contribution in [0.15, 0.2) is 59.8 Å².